The van der Waals surface area contributed by atoms with E-state index >= 15 is 0 Å². The SMILES string of the molecule is [CH][CH]CC1CCCNC1. The molecule has 1 aliphatic rings. The Morgan fingerprint density at radius 1 is 1.67 bits per heavy atom. The molecule has 0 amide bonds. The molecule has 1 rings (SSSR count). The molecule has 9 heavy (non-hydrogen) atoms. The Bertz CT molecular complexity index is 62.2. The third-order valence-corrected chi connectivity index (χ3v) is 1.87. The molecule has 3 radical (unpaired) electrons. The van der Waals surface area contributed by atoms with Gasteiger partial charge in [-0.1, -0.05) is 0 Å². The van der Waals surface area contributed by atoms with Gasteiger partial charge in [-0.25, -0.2) is 0 Å². The van der Waals surface area contributed by atoms with Crippen LogP contribution < -0.4 is 5.32 Å². The van der Waals surface area contributed by atoms with Gasteiger partial charge in [0.1, 0.15) is 0 Å². The summed E-state index contributed by atoms with van der Waals surface area (Å²) in [7, 11) is 0. The van der Waals surface area contributed by atoms with E-state index in [1.807, 2.05) is 0 Å². The van der Waals surface area contributed by atoms with E-state index in [0.717, 1.165) is 18.9 Å². The van der Waals surface area contributed by atoms with Crippen molar-refractivity contribution in [2.75, 3.05) is 13.1 Å². The molecule has 1 saturated heterocycles. The molecule has 1 N–H and O–H groups in total. The number of rotatable bonds is 2. The van der Waals surface area contributed by atoms with Crippen molar-refractivity contribution in [2.24, 2.45) is 5.92 Å². The summed E-state index contributed by atoms with van der Waals surface area (Å²) in [6, 6.07) is 0. The molecule has 1 unspecified atom stereocenters. The molecular formula is C8H14N. The maximum Gasteiger partial charge on any atom is -0.00204 e. The van der Waals surface area contributed by atoms with Crippen LogP contribution in [0.4, 0.5) is 0 Å². The number of hydrogen-bond acceptors (Lipinski definition) is 1. The molecule has 51 valence electrons. The van der Waals surface area contributed by atoms with Gasteiger partial charge in [-0.3, -0.25) is 0 Å². The van der Waals surface area contributed by atoms with Gasteiger partial charge in [0.15, 0.2) is 0 Å². The van der Waals surface area contributed by atoms with E-state index in [1.54, 1.807) is 6.42 Å². The predicted molar refractivity (Wildman–Crippen MR) is 38.8 cm³/mol. The van der Waals surface area contributed by atoms with E-state index in [1.165, 1.54) is 19.4 Å². The van der Waals surface area contributed by atoms with Gasteiger partial charge in [-0.05, 0) is 51.6 Å². The smallest absolute Gasteiger partial charge is 0.00204 e. The minimum atomic E-state index is 0.809. The van der Waals surface area contributed by atoms with Crippen LogP contribution in [-0.2, 0) is 0 Å². The van der Waals surface area contributed by atoms with Gasteiger partial charge in [0.25, 0.3) is 0 Å². The molecule has 1 heteroatoms. The molecule has 0 aromatic carbocycles. The Morgan fingerprint density at radius 2 is 2.56 bits per heavy atom. The molecule has 0 aromatic heterocycles. The molecule has 1 nitrogen and oxygen atoms in total. The van der Waals surface area contributed by atoms with Crippen molar-refractivity contribution in [1.82, 2.24) is 5.32 Å². The van der Waals surface area contributed by atoms with E-state index in [9.17, 15) is 0 Å². The van der Waals surface area contributed by atoms with Crippen LogP contribution in [0.15, 0.2) is 0 Å². The van der Waals surface area contributed by atoms with Gasteiger partial charge >= 0.3 is 0 Å². The zero-order valence-corrected chi connectivity index (χ0v) is 5.77. The average Bonchev–Trinajstić information content (AvgIpc) is 1.91. The summed E-state index contributed by atoms with van der Waals surface area (Å²) in [6.07, 6.45) is 5.52. The number of nitrogens with one attached hydrogen (secondary N) is 1. The molecular weight excluding hydrogens is 110 g/mol. The zero-order chi connectivity index (χ0) is 6.53. The summed E-state index contributed by atoms with van der Waals surface area (Å²) in [5, 5.41) is 3.34. The van der Waals surface area contributed by atoms with Crippen molar-refractivity contribution in [1.29, 1.82) is 0 Å². The molecule has 0 aliphatic carbocycles. The summed E-state index contributed by atoms with van der Waals surface area (Å²) >= 11 is 0. The first kappa shape index (κ1) is 7.07. The molecule has 0 aromatic rings. The van der Waals surface area contributed by atoms with Gasteiger partial charge in [0.2, 0.25) is 0 Å². The second kappa shape index (κ2) is 3.89. The van der Waals surface area contributed by atoms with Crippen molar-refractivity contribution < 1.29 is 0 Å². The van der Waals surface area contributed by atoms with Crippen LogP contribution in [0.1, 0.15) is 19.3 Å². The van der Waals surface area contributed by atoms with Crippen molar-refractivity contribution in [3.8, 4) is 0 Å². The van der Waals surface area contributed by atoms with Gasteiger partial charge in [-0.15, -0.1) is 0 Å². The Morgan fingerprint density at radius 3 is 3.11 bits per heavy atom. The molecule has 1 atom stereocenters. The molecule has 1 fully saturated rings. The van der Waals surface area contributed by atoms with E-state index in [2.05, 4.69) is 5.32 Å². The van der Waals surface area contributed by atoms with Crippen LogP contribution in [0.3, 0.4) is 0 Å². The summed E-state index contributed by atoms with van der Waals surface area (Å²) in [4.78, 5) is 0. The third kappa shape index (κ3) is 2.35. The van der Waals surface area contributed by atoms with Crippen LogP contribution in [0.2, 0.25) is 0 Å². The van der Waals surface area contributed by atoms with E-state index in [0.29, 0.717) is 0 Å². The normalized spacial score (nSPS) is 28.3. The molecule has 1 heterocycles. The summed E-state index contributed by atoms with van der Waals surface area (Å²) in [5.74, 6) is 0.809. The molecule has 0 saturated carbocycles. The third-order valence-electron chi connectivity index (χ3n) is 1.87. The summed E-state index contributed by atoms with van der Waals surface area (Å²) in [5.41, 5.74) is 0. The highest BCUT2D eigenvalue weighted by Crippen LogP contribution is 2.14. The Kier molecular flexibility index (Phi) is 3.05. The highest BCUT2D eigenvalue weighted by atomic mass is 14.9. The van der Waals surface area contributed by atoms with Gasteiger partial charge < -0.3 is 5.32 Å². The quantitative estimate of drug-likeness (QED) is 0.585. The minimum Gasteiger partial charge on any atom is -0.316 e. The fraction of sp³-hybridized carbons (Fsp3) is 0.750. The van der Waals surface area contributed by atoms with Crippen molar-refractivity contribution in [2.45, 2.75) is 19.3 Å². The summed E-state index contributed by atoms with van der Waals surface area (Å²) in [6.45, 7) is 7.66. The first-order valence-corrected chi connectivity index (χ1v) is 3.67. The molecule has 0 spiro atoms. The van der Waals surface area contributed by atoms with Crippen LogP contribution in [-0.4, -0.2) is 13.1 Å². The lowest BCUT2D eigenvalue weighted by molar-refractivity contribution is 0.376. The van der Waals surface area contributed by atoms with Gasteiger partial charge in [-0.2, -0.15) is 0 Å². The zero-order valence-electron chi connectivity index (χ0n) is 5.77. The highest BCUT2D eigenvalue weighted by Gasteiger charge is 2.10. The largest absolute Gasteiger partial charge is 0.316 e. The second-order valence-electron chi connectivity index (χ2n) is 2.68. The lowest BCUT2D eigenvalue weighted by atomic mass is 9.95. The summed E-state index contributed by atoms with van der Waals surface area (Å²) < 4.78 is 0. The van der Waals surface area contributed by atoms with E-state index in [-0.39, 0.29) is 0 Å². The van der Waals surface area contributed by atoms with Crippen LogP contribution in [0.5, 0.6) is 0 Å². The van der Waals surface area contributed by atoms with E-state index < -0.39 is 0 Å². The maximum atomic E-state index is 5.31. The molecule has 0 bridgehead atoms. The van der Waals surface area contributed by atoms with Crippen LogP contribution in [0.25, 0.3) is 0 Å². The first-order chi connectivity index (χ1) is 4.43. The number of piperidine rings is 1. The fourth-order valence-electron chi connectivity index (χ4n) is 1.32. The lowest BCUT2D eigenvalue weighted by Crippen LogP contribution is -2.29. The fourth-order valence-corrected chi connectivity index (χ4v) is 1.32. The topological polar surface area (TPSA) is 12.0 Å². The van der Waals surface area contributed by atoms with Crippen molar-refractivity contribution in [3.05, 3.63) is 13.3 Å². The van der Waals surface area contributed by atoms with Gasteiger partial charge in [0.05, 0.1) is 0 Å². The van der Waals surface area contributed by atoms with E-state index in [4.69, 9.17) is 6.92 Å². The average molecular weight is 124 g/mol. The molecule has 1 aliphatic heterocycles. The monoisotopic (exact) mass is 124 g/mol. The Hall–Kier alpha value is -0.0400. The minimum absolute atomic E-state index is 0.809. The van der Waals surface area contributed by atoms with Crippen molar-refractivity contribution in [3.63, 3.8) is 0 Å². The van der Waals surface area contributed by atoms with Crippen molar-refractivity contribution >= 4 is 0 Å². The van der Waals surface area contributed by atoms with Crippen LogP contribution in [0, 0.1) is 19.3 Å². The second-order valence-corrected chi connectivity index (χ2v) is 2.68. The Labute approximate surface area is 57.8 Å². The number of hydrogen-bond donors (Lipinski definition) is 1. The lowest BCUT2D eigenvalue weighted by Gasteiger charge is -2.21. The predicted octanol–water partition coefficient (Wildman–Crippen LogP) is 1.29. The maximum absolute atomic E-state index is 5.31. The van der Waals surface area contributed by atoms with Crippen LogP contribution >= 0.6 is 0 Å². The van der Waals surface area contributed by atoms with Gasteiger partial charge in [0, 0.05) is 0 Å². The highest BCUT2D eigenvalue weighted by molar-refractivity contribution is 4.76. The Balaban J connectivity index is 2.08. The standard InChI is InChI=1S/C8H14N/c1-2-4-8-5-3-6-9-7-8/h1-2,8-9H,3-7H2. The first-order valence-electron chi connectivity index (χ1n) is 3.67.